The predicted octanol–water partition coefficient (Wildman–Crippen LogP) is 3.39. The second-order valence-corrected chi connectivity index (χ2v) is 9.33. The van der Waals surface area contributed by atoms with Crippen LogP contribution in [0.2, 0.25) is 0 Å². The van der Waals surface area contributed by atoms with Crippen LogP contribution >= 0.6 is 11.6 Å². The van der Waals surface area contributed by atoms with E-state index in [0.29, 0.717) is 6.07 Å². The lowest BCUT2D eigenvalue weighted by atomic mass is 10.0. The van der Waals surface area contributed by atoms with Crippen molar-refractivity contribution >= 4 is 53.5 Å². The fraction of sp³-hybridized carbons (Fsp3) is 0.0556. The lowest BCUT2D eigenvalue weighted by Crippen LogP contribution is -2.15. The van der Waals surface area contributed by atoms with E-state index in [1.54, 1.807) is 0 Å². The zero-order chi connectivity index (χ0) is 22.3. The van der Waals surface area contributed by atoms with Crippen LogP contribution in [0.1, 0.15) is 10.4 Å². The van der Waals surface area contributed by atoms with Crippen molar-refractivity contribution in [2.24, 2.45) is 0 Å². The van der Waals surface area contributed by atoms with Gasteiger partial charge in [-0.1, -0.05) is 18.2 Å². The van der Waals surface area contributed by atoms with E-state index in [1.165, 1.54) is 37.4 Å². The molecule has 3 rings (SSSR count). The van der Waals surface area contributed by atoms with Gasteiger partial charge in [0.2, 0.25) is 0 Å². The minimum absolute atomic E-state index is 0.00642. The number of nitrogens with one attached hydrogen (secondary N) is 1. The van der Waals surface area contributed by atoms with Gasteiger partial charge in [-0.3, -0.25) is 9.52 Å². The summed E-state index contributed by atoms with van der Waals surface area (Å²) in [4.78, 5) is 9.92. The minimum atomic E-state index is -5.16. The fourth-order valence-electron chi connectivity index (χ4n) is 2.81. The maximum absolute atomic E-state index is 13.4. The number of fused-ring (bicyclic) bond motifs is 1. The summed E-state index contributed by atoms with van der Waals surface area (Å²) in [5, 5.41) is 9.74. The summed E-state index contributed by atoms with van der Waals surface area (Å²) < 4.78 is 68.8. The molecule has 0 heterocycles. The standard InChI is InChI=1S/C18H13ClFNO7S2/c1-28-15-8-5-10(29(20,24)25)9-16(15)30(26,27)21-14-4-2-3-12-11(14)6-7-13(17(12)22)18(19)23/h2-9,21-22H,1H3. The van der Waals surface area contributed by atoms with Gasteiger partial charge in [0.25, 0.3) is 15.3 Å². The highest BCUT2D eigenvalue weighted by molar-refractivity contribution is 7.93. The molecule has 158 valence electrons. The SMILES string of the molecule is COc1ccc(S(=O)(=O)F)cc1S(=O)(=O)Nc1cccc2c(O)c(C(=O)Cl)ccc12. The molecule has 12 heteroatoms. The zero-order valence-corrected chi connectivity index (χ0v) is 17.5. The Morgan fingerprint density at radius 1 is 1.07 bits per heavy atom. The quantitative estimate of drug-likeness (QED) is 0.525. The van der Waals surface area contributed by atoms with Crippen LogP contribution in [0, 0.1) is 0 Å². The molecule has 3 aromatic rings. The Balaban J connectivity index is 2.16. The third kappa shape index (κ3) is 4.04. The lowest BCUT2D eigenvalue weighted by Gasteiger charge is -2.14. The Morgan fingerprint density at radius 2 is 1.77 bits per heavy atom. The largest absolute Gasteiger partial charge is 0.506 e. The van der Waals surface area contributed by atoms with E-state index in [4.69, 9.17) is 16.3 Å². The number of benzene rings is 3. The number of hydrogen-bond acceptors (Lipinski definition) is 7. The average Bonchev–Trinajstić information content (AvgIpc) is 2.67. The molecule has 0 radical (unpaired) electrons. The van der Waals surface area contributed by atoms with Crippen molar-refractivity contribution < 1.29 is 35.4 Å². The summed E-state index contributed by atoms with van der Waals surface area (Å²) in [7, 11) is -8.45. The van der Waals surface area contributed by atoms with Crippen molar-refractivity contribution in [1.82, 2.24) is 0 Å². The molecule has 3 aromatic carbocycles. The van der Waals surface area contributed by atoms with E-state index in [9.17, 15) is 30.6 Å². The molecule has 0 fully saturated rings. The van der Waals surface area contributed by atoms with Crippen LogP contribution in [0.4, 0.5) is 9.57 Å². The molecule has 0 saturated heterocycles. The third-order valence-electron chi connectivity index (χ3n) is 4.20. The first kappa shape index (κ1) is 21.8. The second kappa shape index (κ2) is 7.74. The van der Waals surface area contributed by atoms with Crippen molar-refractivity contribution in [3.05, 3.63) is 54.1 Å². The molecule has 0 amide bonds. The van der Waals surface area contributed by atoms with Gasteiger partial charge >= 0.3 is 10.2 Å². The van der Waals surface area contributed by atoms with Gasteiger partial charge in [-0.2, -0.15) is 8.42 Å². The van der Waals surface area contributed by atoms with Crippen LogP contribution in [0.25, 0.3) is 10.8 Å². The van der Waals surface area contributed by atoms with Crippen molar-refractivity contribution in [2.75, 3.05) is 11.8 Å². The Morgan fingerprint density at radius 3 is 2.37 bits per heavy atom. The summed E-state index contributed by atoms with van der Waals surface area (Å²) in [5.74, 6) is -0.648. The smallest absolute Gasteiger partial charge is 0.332 e. The molecule has 0 bridgehead atoms. The number of carbonyl (C=O) groups is 1. The highest BCUT2D eigenvalue weighted by Gasteiger charge is 2.25. The van der Waals surface area contributed by atoms with Crippen molar-refractivity contribution in [3.63, 3.8) is 0 Å². The van der Waals surface area contributed by atoms with Crippen LogP contribution < -0.4 is 9.46 Å². The average molecular weight is 474 g/mol. The lowest BCUT2D eigenvalue weighted by molar-refractivity contribution is 0.107. The Hall–Kier alpha value is -2.89. The molecule has 2 N–H and O–H groups in total. The van der Waals surface area contributed by atoms with E-state index in [1.807, 2.05) is 0 Å². The molecule has 0 aliphatic rings. The van der Waals surface area contributed by atoms with Gasteiger partial charge in [-0.15, -0.1) is 3.89 Å². The van der Waals surface area contributed by atoms with Gasteiger partial charge in [0.05, 0.1) is 18.4 Å². The molecule has 8 nitrogen and oxygen atoms in total. The summed E-state index contributed by atoms with van der Waals surface area (Å²) in [6, 6.07) is 9.35. The molecular formula is C18H13ClFNO7S2. The monoisotopic (exact) mass is 473 g/mol. The first-order chi connectivity index (χ1) is 14.0. The summed E-state index contributed by atoms with van der Waals surface area (Å²) in [5.41, 5.74) is -0.154. The van der Waals surface area contributed by atoms with Gasteiger partial charge in [-0.25, -0.2) is 8.42 Å². The van der Waals surface area contributed by atoms with E-state index >= 15 is 0 Å². The van der Waals surface area contributed by atoms with E-state index in [2.05, 4.69) is 4.72 Å². The maximum atomic E-state index is 13.4. The highest BCUT2D eigenvalue weighted by Crippen LogP contribution is 2.36. The molecule has 0 aliphatic heterocycles. The molecule has 0 saturated carbocycles. The zero-order valence-electron chi connectivity index (χ0n) is 15.1. The van der Waals surface area contributed by atoms with Crippen LogP contribution in [0.5, 0.6) is 11.5 Å². The predicted molar refractivity (Wildman–Crippen MR) is 108 cm³/mol. The number of rotatable bonds is 6. The number of halogens is 2. The van der Waals surface area contributed by atoms with Crippen LogP contribution in [0.3, 0.4) is 0 Å². The molecule has 0 aliphatic carbocycles. The van der Waals surface area contributed by atoms with Crippen molar-refractivity contribution in [1.29, 1.82) is 0 Å². The molecular weight excluding hydrogens is 461 g/mol. The van der Waals surface area contributed by atoms with Gasteiger partial charge in [0.1, 0.15) is 21.3 Å². The number of ether oxygens (including phenoxy) is 1. The summed E-state index contributed by atoms with van der Waals surface area (Å²) in [6.45, 7) is 0. The molecule has 0 aromatic heterocycles. The minimum Gasteiger partial charge on any atom is -0.506 e. The molecule has 0 atom stereocenters. The number of aromatic hydroxyl groups is 1. The van der Waals surface area contributed by atoms with Crippen LogP contribution in [-0.4, -0.2) is 34.3 Å². The van der Waals surface area contributed by atoms with Gasteiger partial charge in [0.15, 0.2) is 0 Å². The summed E-state index contributed by atoms with van der Waals surface area (Å²) in [6.07, 6.45) is 0. The molecule has 0 unspecified atom stereocenters. The van der Waals surface area contributed by atoms with E-state index < -0.39 is 41.0 Å². The van der Waals surface area contributed by atoms with Crippen LogP contribution in [0.15, 0.2) is 58.3 Å². The first-order valence-electron chi connectivity index (χ1n) is 8.06. The number of anilines is 1. The number of methoxy groups -OCH3 is 1. The normalized spacial score (nSPS) is 12.0. The number of phenolic OH excluding ortho intramolecular Hbond substituents is 1. The number of sulfonamides is 1. The Bertz CT molecular complexity index is 1390. The maximum Gasteiger partial charge on any atom is 0.332 e. The number of phenols is 1. The Labute approximate surface area is 176 Å². The van der Waals surface area contributed by atoms with E-state index in [-0.39, 0.29) is 27.8 Å². The van der Waals surface area contributed by atoms with Crippen molar-refractivity contribution in [2.45, 2.75) is 9.79 Å². The number of carbonyl (C=O) groups excluding carboxylic acids is 1. The third-order valence-corrected chi connectivity index (χ3v) is 6.60. The van der Waals surface area contributed by atoms with Crippen molar-refractivity contribution in [3.8, 4) is 11.5 Å². The van der Waals surface area contributed by atoms with E-state index in [0.717, 1.165) is 12.1 Å². The van der Waals surface area contributed by atoms with Crippen LogP contribution in [-0.2, 0) is 20.2 Å². The van der Waals surface area contributed by atoms with Gasteiger partial charge in [-0.05, 0) is 41.9 Å². The number of hydrogen-bond donors (Lipinski definition) is 2. The second-order valence-electron chi connectivity index (χ2n) is 5.99. The topological polar surface area (TPSA) is 127 Å². The highest BCUT2D eigenvalue weighted by atomic mass is 35.5. The molecule has 30 heavy (non-hydrogen) atoms. The van der Waals surface area contributed by atoms with Gasteiger partial charge in [0, 0.05) is 10.8 Å². The molecule has 0 spiro atoms. The fourth-order valence-corrected chi connectivity index (χ4v) is 4.80. The Kier molecular flexibility index (Phi) is 5.63. The summed E-state index contributed by atoms with van der Waals surface area (Å²) >= 11 is 5.42. The van der Waals surface area contributed by atoms with Gasteiger partial charge < -0.3 is 9.84 Å². The first-order valence-corrected chi connectivity index (χ1v) is 11.3.